The van der Waals surface area contributed by atoms with Crippen LogP contribution in [0.15, 0.2) is 48.5 Å². The molecule has 4 heteroatoms. The van der Waals surface area contributed by atoms with E-state index in [2.05, 4.69) is 15.9 Å². The van der Waals surface area contributed by atoms with E-state index < -0.39 is 11.7 Å². The first-order valence-electron chi connectivity index (χ1n) is 6.08. The van der Waals surface area contributed by atoms with Crippen molar-refractivity contribution in [1.29, 1.82) is 0 Å². The molecular formula is C16H10BrF3. The van der Waals surface area contributed by atoms with Gasteiger partial charge in [0.25, 0.3) is 0 Å². The van der Waals surface area contributed by atoms with E-state index in [9.17, 15) is 13.2 Å². The van der Waals surface area contributed by atoms with Gasteiger partial charge in [-0.05, 0) is 45.3 Å². The first kappa shape index (κ1) is 13.4. The number of rotatable bonds is 1. The molecule has 3 rings (SSSR count). The molecule has 3 aromatic rings. The minimum absolute atomic E-state index is 0.178. The van der Waals surface area contributed by atoms with Gasteiger partial charge in [0.05, 0.1) is 5.56 Å². The van der Waals surface area contributed by atoms with E-state index in [1.807, 2.05) is 36.4 Å². The third-order valence-electron chi connectivity index (χ3n) is 3.44. The van der Waals surface area contributed by atoms with Crippen molar-refractivity contribution in [3.8, 4) is 0 Å². The van der Waals surface area contributed by atoms with Crippen LogP contribution in [0.5, 0.6) is 0 Å². The van der Waals surface area contributed by atoms with E-state index >= 15 is 0 Å². The molecular weight excluding hydrogens is 329 g/mol. The molecule has 0 bridgehead atoms. The normalized spacial score (nSPS) is 12.2. The van der Waals surface area contributed by atoms with Crippen molar-refractivity contribution in [1.82, 2.24) is 0 Å². The molecule has 0 heterocycles. The van der Waals surface area contributed by atoms with Crippen LogP contribution in [0.3, 0.4) is 0 Å². The van der Waals surface area contributed by atoms with Gasteiger partial charge < -0.3 is 0 Å². The summed E-state index contributed by atoms with van der Waals surface area (Å²) in [6.45, 7) is 0. The summed E-state index contributed by atoms with van der Waals surface area (Å²) in [6, 6.07) is 14.1. The third kappa shape index (κ3) is 2.18. The zero-order valence-corrected chi connectivity index (χ0v) is 11.9. The van der Waals surface area contributed by atoms with Crippen LogP contribution >= 0.6 is 15.9 Å². The fourth-order valence-electron chi connectivity index (χ4n) is 2.49. The number of halogens is 4. The highest BCUT2D eigenvalue weighted by Gasteiger charge is 2.33. The molecule has 0 aliphatic rings. The Morgan fingerprint density at radius 1 is 0.850 bits per heavy atom. The maximum atomic E-state index is 13.1. The van der Waals surface area contributed by atoms with Gasteiger partial charge in [-0.3, -0.25) is 0 Å². The molecule has 0 spiro atoms. The van der Waals surface area contributed by atoms with Crippen LogP contribution in [0.1, 0.15) is 11.1 Å². The fraction of sp³-hybridized carbons (Fsp3) is 0.125. The van der Waals surface area contributed by atoms with Gasteiger partial charge in [-0.2, -0.15) is 13.2 Å². The van der Waals surface area contributed by atoms with Gasteiger partial charge in [-0.25, -0.2) is 0 Å². The van der Waals surface area contributed by atoms with Crippen LogP contribution in [0, 0.1) is 0 Å². The lowest BCUT2D eigenvalue weighted by Crippen LogP contribution is -2.08. The zero-order valence-electron chi connectivity index (χ0n) is 10.3. The summed E-state index contributed by atoms with van der Waals surface area (Å²) < 4.78 is 39.2. The van der Waals surface area contributed by atoms with E-state index in [1.54, 1.807) is 0 Å². The first-order valence-corrected chi connectivity index (χ1v) is 7.20. The van der Waals surface area contributed by atoms with Crippen LogP contribution in [0.2, 0.25) is 0 Å². The van der Waals surface area contributed by atoms with E-state index in [4.69, 9.17) is 0 Å². The number of fused-ring (bicyclic) bond motifs is 2. The van der Waals surface area contributed by atoms with Gasteiger partial charge in [0.2, 0.25) is 0 Å². The smallest absolute Gasteiger partial charge is 0.166 e. The van der Waals surface area contributed by atoms with Gasteiger partial charge in [0.1, 0.15) is 0 Å². The van der Waals surface area contributed by atoms with Crippen molar-refractivity contribution in [2.24, 2.45) is 0 Å². The van der Waals surface area contributed by atoms with E-state index in [0.29, 0.717) is 10.9 Å². The monoisotopic (exact) mass is 338 g/mol. The molecule has 0 aliphatic heterocycles. The van der Waals surface area contributed by atoms with Crippen LogP contribution in [0.4, 0.5) is 13.2 Å². The molecule has 102 valence electrons. The molecule has 20 heavy (non-hydrogen) atoms. The molecule has 0 saturated carbocycles. The Kier molecular flexibility index (Phi) is 3.21. The Morgan fingerprint density at radius 3 is 2.10 bits per heavy atom. The number of benzene rings is 3. The highest BCUT2D eigenvalue weighted by molar-refractivity contribution is 9.08. The second-order valence-corrected chi connectivity index (χ2v) is 5.20. The van der Waals surface area contributed by atoms with E-state index in [-0.39, 0.29) is 5.33 Å². The summed E-state index contributed by atoms with van der Waals surface area (Å²) >= 11 is 3.19. The quantitative estimate of drug-likeness (QED) is 0.382. The van der Waals surface area contributed by atoms with Crippen molar-refractivity contribution < 1.29 is 13.2 Å². The van der Waals surface area contributed by atoms with Crippen molar-refractivity contribution in [2.75, 3.05) is 0 Å². The standard InChI is InChI=1S/C16H10BrF3/c17-9-14-13-8-11-4-2-1-3-10(11)7-12(13)5-6-15(14)16(18,19)20/h1-8H,9H2. The lowest BCUT2D eigenvalue weighted by atomic mass is 9.96. The molecule has 0 unspecified atom stereocenters. The minimum Gasteiger partial charge on any atom is -0.166 e. The van der Waals surface area contributed by atoms with Crippen LogP contribution in [-0.2, 0) is 11.5 Å². The Labute approximate surface area is 122 Å². The SMILES string of the molecule is FC(F)(F)c1ccc2cc3ccccc3cc2c1CBr. The van der Waals surface area contributed by atoms with Gasteiger partial charge in [0.15, 0.2) is 0 Å². The predicted octanol–water partition coefficient (Wildman–Crippen LogP) is 5.91. The van der Waals surface area contributed by atoms with Crippen LogP contribution in [-0.4, -0.2) is 0 Å². The first-order chi connectivity index (χ1) is 9.50. The molecule has 0 aliphatic carbocycles. The molecule has 0 radical (unpaired) electrons. The van der Waals surface area contributed by atoms with E-state index in [0.717, 1.165) is 22.2 Å². The van der Waals surface area contributed by atoms with Crippen molar-refractivity contribution >= 4 is 37.5 Å². The molecule has 0 saturated heterocycles. The maximum Gasteiger partial charge on any atom is 0.416 e. The van der Waals surface area contributed by atoms with Gasteiger partial charge in [0, 0.05) is 5.33 Å². The summed E-state index contributed by atoms with van der Waals surface area (Å²) in [5.74, 6) is 0. The number of hydrogen-bond acceptors (Lipinski definition) is 0. The van der Waals surface area contributed by atoms with Gasteiger partial charge in [-0.1, -0.05) is 46.3 Å². The summed E-state index contributed by atoms with van der Waals surface area (Å²) in [5, 5.41) is 3.63. The second-order valence-electron chi connectivity index (χ2n) is 4.64. The van der Waals surface area contributed by atoms with E-state index in [1.165, 1.54) is 6.07 Å². The van der Waals surface area contributed by atoms with Gasteiger partial charge in [-0.15, -0.1) is 0 Å². The fourth-order valence-corrected chi connectivity index (χ4v) is 3.09. The highest BCUT2D eigenvalue weighted by Crippen LogP contribution is 2.37. The number of hydrogen-bond donors (Lipinski definition) is 0. The lowest BCUT2D eigenvalue weighted by molar-refractivity contribution is -0.137. The second kappa shape index (κ2) is 4.77. The minimum atomic E-state index is -4.33. The van der Waals surface area contributed by atoms with Crippen molar-refractivity contribution in [3.05, 3.63) is 59.7 Å². The van der Waals surface area contributed by atoms with Crippen LogP contribution < -0.4 is 0 Å². The molecule has 0 atom stereocenters. The Morgan fingerprint density at radius 2 is 1.50 bits per heavy atom. The largest absolute Gasteiger partial charge is 0.416 e. The Balaban J connectivity index is 2.41. The molecule has 0 nitrogen and oxygen atoms in total. The molecule has 3 aromatic carbocycles. The average Bonchev–Trinajstić information content (AvgIpc) is 2.42. The Bertz CT molecular complexity index is 791. The summed E-state index contributed by atoms with van der Waals surface area (Å²) in [5.41, 5.74) is -0.280. The molecule has 0 aromatic heterocycles. The highest BCUT2D eigenvalue weighted by atomic mass is 79.9. The average molecular weight is 339 g/mol. The predicted molar refractivity (Wildman–Crippen MR) is 79.1 cm³/mol. The van der Waals surface area contributed by atoms with Crippen molar-refractivity contribution in [2.45, 2.75) is 11.5 Å². The number of alkyl halides is 4. The zero-order chi connectivity index (χ0) is 14.3. The molecule has 0 fully saturated rings. The Hall–Kier alpha value is -1.55. The third-order valence-corrected chi connectivity index (χ3v) is 4.00. The maximum absolute atomic E-state index is 13.1. The lowest BCUT2D eigenvalue weighted by Gasteiger charge is -2.14. The molecule has 0 N–H and O–H groups in total. The summed E-state index contributed by atoms with van der Waals surface area (Å²) in [6.07, 6.45) is -4.33. The van der Waals surface area contributed by atoms with Crippen LogP contribution in [0.25, 0.3) is 21.5 Å². The molecule has 0 amide bonds. The summed E-state index contributed by atoms with van der Waals surface area (Å²) in [7, 11) is 0. The van der Waals surface area contributed by atoms with Crippen molar-refractivity contribution in [3.63, 3.8) is 0 Å². The van der Waals surface area contributed by atoms with Gasteiger partial charge >= 0.3 is 6.18 Å². The topological polar surface area (TPSA) is 0 Å². The summed E-state index contributed by atoms with van der Waals surface area (Å²) in [4.78, 5) is 0.